The molecule has 1 aliphatic heterocycles. The van der Waals surface area contributed by atoms with Gasteiger partial charge in [-0.15, -0.1) is 0 Å². The lowest BCUT2D eigenvalue weighted by atomic mass is 9.89. The predicted octanol–water partition coefficient (Wildman–Crippen LogP) is 2.93. The van der Waals surface area contributed by atoms with Gasteiger partial charge >= 0.3 is 6.03 Å². The minimum absolute atomic E-state index is 0.0406. The van der Waals surface area contributed by atoms with Crippen molar-refractivity contribution in [3.05, 3.63) is 17.5 Å². The largest absolute Gasteiger partial charge is 0.375 e. The Morgan fingerprint density at radius 1 is 1.44 bits per heavy atom. The Hall–Kier alpha value is -1.56. The van der Waals surface area contributed by atoms with Gasteiger partial charge in [-0.05, 0) is 51.5 Å². The first-order valence-electron chi connectivity index (χ1n) is 9.65. The third kappa shape index (κ3) is 4.75. The molecule has 2 amide bonds. The van der Waals surface area contributed by atoms with Crippen molar-refractivity contribution < 1.29 is 9.53 Å². The van der Waals surface area contributed by atoms with Gasteiger partial charge in [-0.25, -0.2) is 4.79 Å². The summed E-state index contributed by atoms with van der Waals surface area (Å²) in [5.41, 5.74) is 2.24. The number of carbonyl (C=O) groups is 1. The van der Waals surface area contributed by atoms with Gasteiger partial charge in [0.05, 0.1) is 11.3 Å². The summed E-state index contributed by atoms with van der Waals surface area (Å²) in [7, 11) is 0. The van der Waals surface area contributed by atoms with Gasteiger partial charge in [0.1, 0.15) is 0 Å². The molecule has 1 aliphatic carbocycles. The van der Waals surface area contributed by atoms with Crippen LogP contribution in [0.4, 0.5) is 4.79 Å². The highest BCUT2D eigenvalue weighted by atomic mass is 16.5. The van der Waals surface area contributed by atoms with Gasteiger partial charge in [-0.2, -0.15) is 5.10 Å². The molecule has 0 unspecified atom stereocenters. The van der Waals surface area contributed by atoms with Crippen LogP contribution in [0.25, 0.3) is 0 Å². The van der Waals surface area contributed by atoms with Crippen LogP contribution in [0.1, 0.15) is 56.8 Å². The van der Waals surface area contributed by atoms with Crippen LogP contribution in [0.15, 0.2) is 6.07 Å². The summed E-state index contributed by atoms with van der Waals surface area (Å²) in [5.74, 6) is 0.333. The number of ether oxygens (including phenoxy) is 1. The molecule has 0 radical (unpaired) electrons. The maximum absolute atomic E-state index is 12.3. The summed E-state index contributed by atoms with van der Waals surface area (Å²) in [5, 5.41) is 10.7. The number of hydrogen-bond donors (Lipinski definition) is 2. The normalized spacial score (nSPS) is 23.6. The van der Waals surface area contributed by atoms with E-state index in [2.05, 4.69) is 35.6 Å². The Bertz CT molecular complexity index is 592. The third-order valence-corrected chi connectivity index (χ3v) is 5.54. The van der Waals surface area contributed by atoms with Crippen LogP contribution in [0.3, 0.4) is 0 Å². The van der Waals surface area contributed by atoms with E-state index in [9.17, 15) is 4.79 Å². The molecule has 1 aromatic rings. The van der Waals surface area contributed by atoms with Crippen molar-refractivity contribution in [3.63, 3.8) is 0 Å². The molecular weight excluding hydrogens is 316 g/mol. The lowest BCUT2D eigenvalue weighted by Gasteiger charge is -2.38. The molecule has 0 aromatic carbocycles. The Kier molecular flexibility index (Phi) is 5.67. The molecule has 2 heterocycles. The second-order valence-corrected chi connectivity index (χ2v) is 8.00. The molecular formula is C19H32N4O2. The molecule has 1 spiro atoms. The van der Waals surface area contributed by atoms with E-state index in [0.717, 1.165) is 50.2 Å². The number of nitrogens with zero attached hydrogens (tertiary/aromatic N) is 2. The highest BCUT2D eigenvalue weighted by Gasteiger charge is 2.40. The quantitative estimate of drug-likeness (QED) is 0.860. The van der Waals surface area contributed by atoms with Crippen LogP contribution in [0.5, 0.6) is 0 Å². The van der Waals surface area contributed by atoms with Gasteiger partial charge in [0.15, 0.2) is 0 Å². The van der Waals surface area contributed by atoms with Gasteiger partial charge in [-0.1, -0.05) is 19.8 Å². The molecule has 2 atom stereocenters. The van der Waals surface area contributed by atoms with Crippen LogP contribution in [-0.2, 0) is 11.3 Å². The Morgan fingerprint density at radius 2 is 2.20 bits per heavy atom. The first kappa shape index (κ1) is 18.2. The zero-order valence-electron chi connectivity index (χ0n) is 15.8. The van der Waals surface area contributed by atoms with E-state index in [1.54, 1.807) is 0 Å². The number of aryl methyl sites for hydroxylation is 2. The molecule has 6 nitrogen and oxygen atoms in total. The van der Waals surface area contributed by atoms with E-state index >= 15 is 0 Å². The number of carbonyl (C=O) groups excluding carboxylic acids is 1. The van der Waals surface area contributed by atoms with Crippen molar-refractivity contribution in [1.82, 2.24) is 20.4 Å². The summed E-state index contributed by atoms with van der Waals surface area (Å²) < 4.78 is 8.05. The van der Waals surface area contributed by atoms with Crippen molar-refractivity contribution in [2.24, 2.45) is 5.92 Å². The molecule has 6 heteroatoms. The molecule has 3 rings (SSSR count). The van der Waals surface area contributed by atoms with Crippen LogP contribution < -0.4 is 10.6 Å². The first-order chi connectivity index (χ1) is 12.0. The molecule has 2 aliphatic rings. The second-order valence-electron chi connectivity index (χ2n) is 8.00. The van der Waals surface area contributed by atoms with Gasteiger partial charge in [0, 0.05) is 31.4 Å². The van der Waals surface area contributed by atoms with Gasteiger partial charge in [0.25, 0.3) is 0 Å². The molecule has 2 fully saturated rings. The summed E-state index contributed by atoms with van der Waals surface area (Å²) in [6.07, 6.45) is 6.67. The van der Waals surface area contributed by atoms with E-state index in [4.69, 9.17) is 4.74 Å². The average molecular weight is 348 g/mol. The fourth-order valence-corrected chi connectivity index (χ4v) is 4.24. The van der Waals surface area contributed by atoms with Crippen LogP contribution >= 0.6 is 0 Å². The molecule has 1 saturated heterocycles. The molecule has 1 aromatic heterocycles. The Labute approximate surface area is 150 Å². The Balaban J connectivity index is 1.41. The smallest absolute Gasteiger partial charge is 0.315 e. The van der Waals surface area contributed by atoms with Crippen molar-refractivity contribution in [1.29, 1.82) is 0 Å². The van der Waals surface area contributed by atoms with E-state index in [1.165, 1.54) is 12.8 Å². The van der Waals surface area contributed by atoms with Crippen molar-refractivity contribution >= 4 is 6.03 Å². The van der Waals surface area contributed by atoms with Crippen LogP contribution in [0.2, 0.25) is 0 Å². The topological polar surface area (TPSA) is 68.2 Å². The molecule has 1 saturated carbocycles. The minimum Gasteiger partial charge on any atom is -0.375 e. The number of urea groups is 1. The van der Waals surface area contributed by atoms with Crippen molar-refractivity contribution in [2.75, 3.05) is 13.2 Å². The maximum atomic E-state index is 12.3. The molecule has 25 heavy (non-hydrogen) atoms. The van der Waals surface area contributed by atoms with Crippen LogP contribution in [-0.4, -0.2) is 40.6 Å². The number of amides is 2. The highest BCUT2D eigenvalue weighted by molar-refractivity contribution is 5.74. The SMILES string of the molecule is Cc1cc(C)n(C[C@H](C)CNC(=O)N[C@H]2CCOC3(CCCC3)C2)n1. The van der Waals surface area contributed by atoms with Gasteiger partial charge in [0.2, 0.25) is 0 Å². The van der Waals surface area contributed by atoms with E-state index in [-0.39, 0.29) is 17.7 Å². The fraction of sp³-hybridized carbons (Fsp3) is 0.789. The third-order valence-electron chi connectivity index (χ3n) is 5.54. The van der Waals surface area contributed by atoms with E-state index < -0.39 is 0 Å². The zero-order valence-corrected chi connectivity index (χ0v) is 15.8. The second kappa shape index (κ2) is 7.77. The molecule has 140 valence electrons. The van der Waals surface area contributed by atoms with Gasteiger partial charge < -0.3 is 15.4 Å². The highest BCUT2D eigenvalue weighted by Crippen LogP contribution is 2.39. The summed E-state index contributed by atoms with van der Waals surface area (Å²) in [6, 6.07) is 2.26. The zero-order chi connectivity index (χ0) is 17.9. The number of rotatable bonds is 5. The lowest BCUT2D eigenvalue weighted by Crippen LogP contribution is -2.50. The minimum atomic E-state index is -0.0553. The number of nitrogens with one attached hydrogen (secondary N) is 2. The molecule has 0 bridgehead atoms. The predicted molar refractivity (Wildman–Crippen MR) is 97.6 cm³/mol. The lowest BCUT2D eigenvalue weighted by molar-refractivity contribution is -0.0820. The standard InChI is InChI=1S/C19H32N4O2/c1-14(13-23-16(3)10-15(2)22-23)12-20-18(24)21-17-6-9-25-19(11-17)7-4-5-8-19/h10,14,17H,4-9,11-13H2,1-3H3,(H2,20,21,24)/t14-,17+/m1/s1. The first-order valence-corrected chi connectivity index (χ1v) is 9.65. The monoisotopic (exact) mass is 348 g/mol. The summed E-state index contributed by atoms with van der Waals surface area (Å²) in [4.78, 5) is 12.3. The van der Waals surface area contributed by atoms with Gasteiger partial charge in [-0.3, -0.25) is 4.68 Å². The molecule has 2 N–H and O–H groups in total. The van der Waals surface area contributed by atoms with Crippen LogP contribution in [0, 0.1) is 19.8 Å². The summed E-state index contributed by atoms with van der Waals surface area (Å²) >= 11 is 0. The van der Waals surface area contributed by atoms with Crippen molar-refractivity contribution in [3.8, 4) is 0 Å². The Morgan fingerprint density at radius 3 is 2.88 bits per heavy atom. The van der Waals surface area contributed by atoms with E-state index in [1.807, 2.05) is 11.6 Å². The maximum Gasteiger partial charge on any atom is 0.315 e. The number of hydrogen-bond acceptors (Lipinski definition) is 3. The van der Waals surface area contributed by atoms with E-state index in [0.29, 0.717) is 12.5 Å². The fourth-order valence-electron chi connectivity index (χ4n) is 4.24. The van der Waals surface area contributed by atoms with Crippen molar-refractivity contribution in [2.45, 2.75) is 77.5 Å². The average Bonchev–Trinajstić information content (AvgIpc) is 3.12. The number of aromatic nitrogens is 2. The summed E-state index contributed by atoms with van der Waals surface area (Å²) in [6.45, 7) is 8.44.